The third-order valence-electron chi connectivity index (χ3n) is 5.37. The third kappa shape index (κ3) is 5.92. The van der Waals surface area contributed by atoms with Crippen LogP contribution in [0, 0.1) is 5.92 Å². The van der Waals surface area contributed by atoms with Gasteiger partial charge in [0, 0.05) is 38.8 Å². The molecule has 0 bridgehead atoms. The molecule has 150 valence electrons. The van der Waals surface area contributed by atoms with Crippen LogP contribution < -0.4 is 20.4 Å². The molecule has 3 rings (SSSR count). The zero-order valence-electron chi connectivity index (χ0n) is 16.8. The van der Waals surface area contributed by atoms with Crippen molar-refractivity contribution in [2.45, 2.75) is 58.8 Å². The molecule has 3 heterocycles. The van der Waals surface area contributed by atoms with Gasteiger partial charge >= 0.3 is 0 Å². The van der Waals surface area contributed by atoms with Crippen molar-refractivity contribution < 1.29 is 0 Å². The molecule has 0 spiro atoms. The molecule has 0 aliphatic carbocycles. The lowest BCUT2D eigenvalue weighted by Gasteiger charge is -2.33. The highest BCUT2D eigenvalue weighted by atomic mass is 32.1. The van der Waals surface area contributed by atoms with Gasteiger partial charge in [0.25, 0.3) is 0 Å². The zero-order chi connectivity index (χ0) is 19.1. The van der Waals surface area contributed by atoms with E-state index in [1.54, 1.807) is 0 Å². The number of nitrogens with zero attached hydrogens (tertiary/aromatic N) is 4. The van der Waals surface area contributed by atoms with E-state index in [2.05, 4.69) is 40.3 Å². The van der Waals surface area contributed by atoms with Gasteiger partial charge < -0.3 is 20.4 Å². The number of anilines is 3. The Kier molecular flexibility index (Phi) is 7.50. The monoisotopic (exact) mass is 390 g/mol. The first-order valence-corrected chi connectivity index (χ1v) is 11.0. The molecule has 2 fully saturated rings. The molecule has 0 amide bonds. The molecule has 1 atom stereocenters. The minimum atomic E-state index is 0.600. The van der Waals surface area contributed by atoms with Crippen LogP contribution in [0.25, 0.3) is 0 Å². The second-order valence-corrected chi connectivity index (χ2v) is 8.29. The van der Waals surface area contributed by atoms with E-state index in [1.807, 2.05) is 0 Å². The molecule has 6 nitrogen and oxygen atoms in total. The van der Waals surface area contributed by atoms with Gasteiger partial charge in [0.1, 0.15) is 11.6 Å². The Morgan fingerprint density at radius 2 is 1.74 bits per heavy atom. The number of hydrogen-bond donors (Lipinski definition) is 2. The number of thiocarbonyl (C=S) groups is 1. The first-order chi connectivity index (χ1) is 13.2. The number of nitrogens with one attached hydrogen (secondary N) is 2. The Morgan fingerprint density at radius 3 is 2.41 bits per heavy atom. The lowest BCUT2D eigenvalue weighted by molar-refractivity contribution is 0.444. The summed E-state index contributed by atoms with van der Waals surface area (Å²) in [5.74, 6) is 3.37. The summed E-state index contributed by atoms with van der Waals surface area (Å²) in [6, 6.07) is 2.18. The van der Waals surface area contributed by atoms with Gasteiger partial charge in [-0.25, -0.2) is 0 Å². The van der Waals surface area contributed by atoms with Crippen molar-refractivity contribution in [3.8, 4) is 0 Å². The Labute approximate surface area is 169 Å². The van der Waals surface area contributed by atoms with E-state index in [-0.39, 0.29) is 0 Å². The van der Waals surface area contributed by atoms with E-state index in [0.717, 1.165) is 50.8 Å². The molecule has 0 radical (unpaired) electrons. The van der Waals surface area contributed by atoms with E-state index in [1.165, 1.54) is 38.5 Å². The van der Waals surface area contributed by atoms with Crippen molar-refractivity contribution in [3.63, 3.8) is 0 Å². The Bertz CT molecular complexity index is 594. The molecule has 1 aromatic heterocycles. The summed E-state index contributed by atoms with van der Waals surface area (Å²) in [7, 11) is 0. The van der Waals surface area contributed by atoms with Crippen molar-refractivity contribution >= 4 is 34.9 Å². The van der Waals surface area contributed by atoms with Gasteiger partial charge in [-0.3, -0.25) is 0 Å². The van der Waals surface area contributed by atoms with Crippen molar-refractivity contribution in [3.05, 3.63) is 6.07 Å². The van der Waals surface area contributed by atoms with Crippen molar-refractivity contribution in [2.24, 2.45) is 5.92 Å². The summed E-state index contributed by atoms with van der Waals surface area (Å²) in [5, 5.41) is 7.02. The lowest BCUT2D eigenvalue weighted by Crippen LogP contribution is -2.36. The van der Waals surface area contributed by atoms with E-state index < -0.39 is 0 Å². The number of aromatic nitrogens is 2. The molecule has 1 aromatic rings. The molecule has 7 heteroatoms. The average molecular weight is 391 g/mol. The van der Waals surface area contributed by atoms with Gasteiger partial charge in [-0.2, -0.15) is 9.97 Å². The van der Waals surface area contributed by atoms with Gasteiger partial charge in [0.2, 0.25) is 5.95 Å². The molecule has 2 aliphatic heterocycles. The summed E-state index contributed by atoms with van der Waals surface area (Å²) < 4.78 is 0. The maximum atomic E-state index is 5.41. The lowest BCUT2D eigenvalue weighted by atomic mass is 10.0. The zero-order valence-corrected chi connectivity index (χ0v) is 17.7. The van der Waals surface area contributed by atoms with E-state index >= 15 is 0 Å². The predicted octanol–water partition coefficient (Wildman–Crippen LogP) is 3.79. The first kappa shape index (κ1) is 20.1. The van der Waals surface area contributed by atoms with Crippen LogP contribution in [-0.2, 0) is 0 Å². The summed E-state index contributed by atoms with van der Waals surface area (Å²) in [4.78, 5) is 14.4. The van der Waals surface area contributed by atoms with Crippen LogP contribution in [0.5, 0.6) is 0 Å². The van der Waals surface area contributed by atoms with E-state index in [4.69, 9.17) is 22.2 Å². The normalized spacial score (nSPS) is 20.9. The fraction of sp³-hybridized carbons (Fsp3) is 0.750. The minimum Gasteiger partial charge on any atom is -0.362 e. The minimum absolute atomic E-state index is 0.600. The van der Waals surface area contributed by atoms with Gasteiger partial charge in [0.05, 0.1) is 0 Å². The summed E-state index contributed by atoms with van der Waals surface area (Å²) in [6.07, 6.45) is 8.66. The van der Waals surface area contributed by atoms with Crippen LogP contribution in [0.3, 0.4) is 0 Å². The molecular weight excluding hydrogens is 356 g/mol. The van der Waals surface area contributed by atoms with Crippen LogP contribution in [0.2, 0.25) is 0 Å². The summed E-state index contributed by atoms with van der Waals surface area (Å²) in [5.41, 5.74) is 0. The highest BCUT2D eigenvalue weighted by Gasteiger charge is 2.21. The van der Waals surface area contributed by atoms with E-state index in [0.29, 0.717) is 17.0 Å². The fourth-order valence-corrected chi connectivity index (χ4v) is 4.08. The van der Waals surface area contributed by atoms with E-state index in [9.17, 15) is 0 Å². The second-order valence-electron chi connectivity index (χ2n) is 7.88. The first-order valence-electron chi connectivity index (χ1n) is 10.6. The molecule has 27 heavy (non-hydrogen) atoms. The molecule has 0 saturated carbocycles. The summed E-state index contributed by atoms with van der Waals surface area (Å²) in [6.45, 7) is 9.59. The number of rotatable bonds is 5. The highest BCUT2D eigenvalue weighted by molar-refractivity contribution is 7.80. The van der Waals surface area contributed by atoms with Gasteiger partial charge in [-0.15, -0.1) is 0 Å². The average Bonchev–Trinajstić information content (AvgIpc) is 2.95. The molecule has 2 saturated heterocycles. The number of hydrogen-bond acceptors (Lipinski definition) is 5. The molecule has 0 unspecified atom stereocenters. The van der Waals surface area contributed by atoms with Crippen LogP contribution >= 0.6 is 12.2 Å². The fourth-order valence-electron chi connectivity index (χ4n) is 3.88. The predicted molar refractivity (Wildman–Crippen MR) is 118 cm³/mol. The summed E-state index contributed by atoms with van der Waals surface area (Å²) >= 11 is 5.41. The van der Waals surface area contributed by atoms with Gasteiger partial charge in [-0.05, 0) is 50.2 Å². The standard InChI is InChI=1S/C20H34N6S/c1-3-10-21-20(27)24-19-22-17(25-11-6-4-5-7-12-25)14-18(23-19)26-13-8-9-16(2)15-26/h14,16H,3-13,15H2,1-2H3,(H2,21,22,23,24,27)/t16-/m1/s1. The van der Waals surface area contributed by atoms with Crippen molar-refractivity contribution in [1.29, 1.82) is 0 Å². The third-order valence-corrected chi connectivity index (χ3v) is 5.62. The van der Waals surface area contributed by atoms with Gasteiger partial charge in [0.15, 0.2) is 5.11 Å². The molecule has 0 aromatic carbocycles. The highest BCUT2D eigenvalue weighted by Crippen LogP contribution is 2.27. The van der Waals surface area contributed by atoms with Crippen molar-refractivity contribution in [2.75, 3.05) is 47.8 Å². The van der Waals surface area contributed by atoms with Crippen LogP contribution in [-0.4, -0.2) is 47.8 Å². The molecule has 2 aliphatic rings. The second kappa shape index (κ2) is 10.1. The van der Waals surface area contributed by atoms with Crippen LogP contribution in [0.1, 0.15) is 58.8 Å². The van der Waals surface area contributed by atoms with Gasteiger partial charge in [-0.1, -0.05) is 26.7 Å². The Morgan fingerprint density at radius 1 is 1.07 bits per heavy atom. The largest absolute Gasteiger partial charge is 0.362 e. The van der Waals surface area contributed by atoms with Crippen LogP contribution in [0.4, 0.5) is 17.6 Å². The topological polar surface area (TPSA) is 56.3 Å². The maximum Gasteiger partial charge on any atom is 0.232 e. The Balaban J connectivity index is 1.83. The molecule has 2 N–H and O–H groups in total. The smallest absolute Gasteiger partial charge is 0.232 e. The SMILES string of the molecule is CCCNC(=S)Nc1nc(N2CCCCCC2)cc(N2CCC[C@@H](C)C2)n1. The maximum absolute atomic E-state index is 5.41. The Hall–Kier alpha value is -1.63. The molecular formula is C20H34N6S. The van der Waals surface area contributed by atoms with Crippen molar-refractivity contribution in [1.82, 2.24) is 15.3 Å². The number of piperidine rings is 1. The quantitative estimate of drug-likeness (QED) is 0.742. The van der Waals surface area contributed by atoms with Crippen LogP contribution in [0.15, 0.2) is 6.07 Å².